The first-order valence-corrected chi connectivity index (χ1v) is 5.45. The molecule has 0 aromatic carbocycles. The molecule has 1 aromatic heterocycles. The molecule has 5 nitrogen and oxygen atoms in total. The molecule has 0 amide bonds. The van der Waals surface area contributed by atoms with E-state index in [1.165, 1.54) is 25.1 Å². The maximum Gasteiger partial charge on any atom is 0.267 e. The Bertz CT molecular complexity index is 387. The van der Waals surface area contributed by atoms with E-state index in [0.717, 1.165) is 5.69 Å². The van der Waals surface area contributed by atoms with Crippen LogP contribution in [-0.4, -0.2) is 30.1 Å². The van der Waals surface area contributed by atoms with Crippen molar-refractivity contribution in [2.24, 2.45) is 0 Å². The first-order valence-electron chi connectivity index (χ1n) is 4.37. The molecule has 0 saturated carbocycles. The Labute approximate surface area is 102 Å². The van der Waals surface area contributed by atoms with Gasteiger partial charge in [0.15, 0.2) is 6.29 Å². The van der Waals surface area contributed by atoms with Crippen molar-refractivity contribution in [3.63, 3.8) is 0 Å². The topological polar surface area (TPSA) is 53.4 Å². The summed E-state index contributed by atoms with van der Waals surface area (Å²) in [7, 11) is 3.07. The number of nitrogens with zero attached hydrogens (tertiary/aromatic N) is 2. The second-order valence-electron chi connectivity index (χ2n) is 3.00. The largest absolute Gasteiger partial charge is 0.354 e. The standard InChI is InChI=1S/C9H13IN2O3/c1-6-8(10)9(13)12(5-11-6)4-7(14-2)15-3/h5,7H,4H2,1-3H3. The molecule has 0 saturated heterocycles. The van der Waals surface area contributed by atoms with Gasteiger partial charge >= 0.3 is 0 Å². The molecule has 0 atom stereocenters. The Balaban J connectivity index is 2.96. The third-order valence-corrected chi connectivity index (χ3v) is 3.27. The monoisotopic (exact) mass is 324 g/mol. The van der Waals surface area contributed by atoms with Gasteiger partial charge in [-0.3, -0.25) is 9.36 Å². The fourth-order valence-corrected chi connectivity index (χ4v) is 1.53. The van der Waals surface area contributed by atoms with E-state index in [0.29, 0.717) is 10.1 Å². The third kappa shape index (κ3) is 2.99. The molecule has 0 aliphatic carbocycles. The summed E-state index contributed by atoms with van der Waals surface area (Å²) < 4.78 is 12.1. The molecule has 0 radical (unpaired) electrons. The zero-order valence-corrected chi connectivity index (χ0v) is 11.0. The summed E-state index contributed by atoms with van der Waals surface area (Å²) >= 11 is 1.99. The molecule has 1 heterocycles. The number of rotatable bonds is 4. The SMILES string of the molecule is COC(Cn1cnc(C)c(I)c1=O)OC. The molecule has 0 aliphatic heterocycles. The van der Waals surface area contributed by atoms with E-state index < -0.39 is 6.29 Å². The summed E-state index contributed by atoms with van der Waals surface area (Å²) in [5.74, 6) is 0. The van der Waals surface area contributed by atoms with Crippen LogP contribution >= 0.6 is 22.6 Å². The molecule has 1 rings (SSSR count). The third-order valence-electron chi connectivity index (χ3n) is 2.03. The fraction of sp³-hybridized carbons (Fsp3) is 0.556. The highest BCUT2D eigenvalue weighted by molar-refractivity contribution is 14.1. The number of aryl methyl sites for hydroxylation is 1. The Morgan fingerprint density at radius 3 is 2.67 bits per heavy atom. The zero-order chi connectivity index (χ0) is 11.4. The smallest absolute Gasteiger partial charge is 0.267 e. The van der Waals surface area contributed by atoms with E-state index >= 15 is 0 Å². The van der Waals surface area contributed by atoms with Crippen molar-refractivity contribution in [1.29, 1.82) is 0 Å². The van der Waals surface area contributed by atoms with E-state index in [1.807, 2.05) is 22.6 Å². The van der Waals surface area contributed by atoms with Gasteiger partial charge in [0.05, 0.1) is 22.1 Å². The maximum atomic E-state index is 11.8. The lowest BCUT2D eigenvalue weighted by atomic mass is 10.4. The lowest BCUT2D eigenvalue weighted by Gasteiger charge is -2.14. The van der Waals surface area contributed by atoms with E-state index in [2.05, 4.69) is 4.98 Å². The average molecular weight is 324 g/mol. The van der Waals surface area contributed by atoms with Crippen molar-refractivity contribution in [3.8, 4) is 0 Å². The molecule has 84 valence electrons. The average Bonchev–Trinajstić information content (AvgIpc) is 2.25. The van der Waals surface area contributed by atoms with Gasteiger partial charge in [0.1, 0.15) is 0 Å². The van der Waals surface area contributed by atoms with Gasteiger partial charge in [-0.15, -0.1) is 0 Å². The maximum absolute atomic E-state index is 11.8. The highest BCUT2D eigenvalue weighted by Crippen LogP contribution is 2.02. The summed E-state index contributed by atoms with van der Waals surface area (Å²) in [6, 6.07) is 0. The quantitative estimate of drug-likeness (QED) is 0.607. The molecular formula is C9H13IN2O3. The van der Waals surface area contributed by atoms with Gasteiger partial charge in [-0.25, -0.2) is 4.98 Å². The molecule has 1 aromatic rings. The van der Waals surface area contributed by atoms with Gasteiger partial charge < -0.3 is 9.47 Å². The van der Waals surface area contributed by atoms with Gasteiger partial charge in [0, 0.05) is 14.2 Å². The van der Waals surface area contributed by atoms with Crippen LogP contribution in [0.15, 0.2) is 11.1 Å². The molecule has 0 N–H and O–H groups in total. The first kappa shape index (κ1) is 12.6. The van der Waals surface area contributed by atoms with Crippen molar-refractivity contribution in [1.82, 2.24) is 9.55 Å². The van der Waals surface area contributed by atoms with E-state index in [4.69, 9.17) is 9.47 Å². The van der Waals surface area contributed by atoms with Crippen LogP contribution in [0, 0.1) is 10.5 Å². The van der Waals surface area contributed by atoms with E-state index in [1.54, 1.807) is 6.92 Å². The summed E-state index contributed by atoms with van der Waals surface area (Å²) in [5.41, 5.74) is 0.672. The van der Waals surface area contributed by atoms with Crippen LogP contribution in [0.5, 0.6) is 0 Å². The van der Waals surface area contributed by atoms with Crippen molar-refractivity contribution in [2.75, 3.05) is 14.2 Å². The van der Waals surface area contributed by atoms with Crippen molar-refractivity contribution < 1.29 is 9.47 Å². The Hall–Kier alpha value is -0.470. The van der Waals surface area contributed by atoms with Crippen molar-refractivity contribution in [3.05, 3.63) is 25.9 Å². The van der Waals surface area contributed by atoms with Crippen molar-refractivity contribution >= 4 is 22.6 Å². The molecule has 0 bridgehead atoms. The summed E-state index contributed by atoms with van der Waals surface area (Å²) in [4.78, 5) is 15.9. The molecular weight excluding hydrogens is 311 g/mol. The Kier molecular flexibility index (Phi) is 4.68. The number of methoxy groups -OCH3 is 2. The van der Waals surface area contributed by atoms with Crippen LogP contribution in [0.4, 0.5) is 0 Å². The fourth-order valence-electron chi connectivity index (χ4n) is 1.08. The van der Waals surface area contributed by atoms with E-state index in [9.17, 15) is 4.79 Å². The van der Waals surface area contributed by atoms with Gasteiger partial charge in [0.25, 0.3) is 5.56 Å². The highest BCUT2D eigenvalue weighted by atomic mass is 127. The minimum absolute atomic E-state index is 0.0674. The van der Waals surface area contributed by atoms with Gasteiger partial charge in [0.2, 0.25) is 0 Å². The number of halogens is 1. The van der Waals surface area contributed by atoms with Crippen molar-refractivity contribution in [2.45, 2.75) is 19.8 Å². The highest BCUT2D eigenvalue weighted by Gasteiger charge is 2.10. The molecule has 0 unspecified atom stereocenters. The minimum Gasteiger partial charge on any atom is -0.354 e. The van der Waals surface area contributed by atoms with Crippen LogP contribution in [0.1, 0.15) is 5.69 Å². The van der Waals surface area contributed by atoms with Gasteiger partial charge in [-0.2, -0.15) is 0 Å². The van der Waals surface area contributed by atoms with Gasteiger partial charge in [-0.1, -0.05) is 0 Å². The summed E-state index contributed by atoms with van der Waals surface area (Å²) in [6.07, 6.45) is 1.08. The van der Waals surface area contributed by atoms with Crippen LogP contribution in [0.25, 0.3) is 0 Å². The van der Waals surface area contributed by atoms with E-state index in [-0.39, 0.29) is 5.56 Å². The predicted molar refractivity (Wildman–Crippen MR) is 63.8 cm³/mol. The molecule has 15 heavy (non-hydrogen) atoms. The molecule has 0 spiro atoms. The molecule has 6 heteroatoms. The minimum atomic E-state index is -0.428. The second-order valence-corrected chi connectivity index (χ2v) is 4.08. The van der Waals surface area contributed by atoms with Crippen LogP contribution < -0.4 is 5.56 Å². The van der Waals surface area contributed by atoms with Crippen LogP contribution in [0.3, 0.4) is 0 Å². The van der Waals surface area contributed by atoms with Crippen LogP contribution in [-0.2, 0) is 16.0 Å². The second kappa shape index (κ2) is 5.57. The van der Waals surface area contributed by atoms with Gasteiger partial charge in [-0.05, 0) is 29.5 Å². The van der Waals surface area contributed by atoms with Crippen LogP contribution in [0.2, 0.25) is 0 Å². The Morgan fingerprint density at radius 2 is 2.13 bits per heavy atom. The molecule has 0 aliphatic rings. The predicted octanol–water partition coefficient (Wildman–Crippen LogP) is 0.775. The number of hydrogen-bond donors (Lipinski definition) is 0. The number of hydrogen-bond acceptors (Lipinski definition) is 4. The Morgan fingerprint density at radius 1 is 1.53 bits per heavy atom. The first-order chi connectivity index (χ1) is 7.10. The number of aromatic nitrogens is 2. The summed E-state index contributed by atoms with van der Waals surface area (Å²) in [5, 5.41) is 0. The number of ether oxygens (including phenoxy) is 2. The lowest BCUT2D eigenvalue weighted by Crippen LogP contribution is -2.30. The lowest BCUT2D eigenvalue weighted by molar-refractivity contribution is -0.111. The zero-order valence-electron chi connectivity index (χ0n) is 8.86. The molecule has 0 fully saturated rings. The summed E-state index contributed by atoms with van der Waals surface area (Å²) in [6.45, 7) is 2.15. The normalized spacial score (nSPS) is 11.0.